The molecule has 1 aliphatic heterocycles. The highest BCUT2D eigenvalue weighted by atomic mass is 16.7. The number of nitrogens with zero attached hydrogens (tertiary/aromatic N) is 2. The number of benzene rings is 1. The molecule has 1 fully saturated rings. The molecule has 3 amide bonds. The molecule has 11 heteroatoms. The van der Waals surface area contributed by atoms with Crippen molar-refractivity contribution in [1.82, 2.24) is 25.5 Å². The smallest absolute Gasteiger partial charge is 0.497 e. The minimum absolute atomic E-state index is 0.180. The summed E-state index contributed by atoms with van der Waals surface area (Å²) >= 11 is 0. The van der Waals surface area contributed by atoms with Gasteiger partial charge in [-0.1, -0.05) is 19.1 Å². The average Bonchev–Trinajstić information content (AvgIpc) is 3.42. The van der Waals surface area contributed by atoms with Crippen LogP contribution in [0.4, 0.5) is 9.59 Å². The van der Waals surface area contributed by atoms with Crippen molar-refractivity contribution in [2.45, 2.75) is 57.6 Å². The van der Waals surface area contributed by atoms with E-state index >= 15 is 0 Å². The van der Waals surface area contributed by atoms with Gasteiger partial charge < -0.3 is 34.7 Å². The number of H-pyrrole nitrogens is 1. The van der Waals surface area contributed by atoms with Gasteiger partial charge >= 0.3 is 12.2 Å². The topological polar surface area (TPSA) is 135 Å². The Bertz CT molecular complexity index is 1000. The normalized spacial score (nSPS) is 15.4. The fraction of sp³-hybridized carbons (Fsp3) is 0.538. The number of carbonyl (C=O) groups is 3. The van der Waals surface area contributed by atoms with Gasteiger partial charge in [-0.2, -0.15) is 0 Å². The Morgan fingerprint density at radius 2 is 1.89 bits per heavy atom. The van der Waals surface area contributed by atoms with Gasteiger partial charge in [0.1, 0.15) is 17.4 Å². The molecule has 1 atom stereocenters. The van der Waals surface area contributed by atoms with Gasteiger partial charge in [0.05, 0.1) is 20.0 Å². The quantitative estimate of drug-likeness (QED) is 0.392. The Morgan fingerprint density at radius 1 is 1.16 bits per heavy atom. The number of likely N-dealkylation sites (tertiary alicyclic amines) is 1. The van der Waals surface area contributed by atoms with Crippen molar-refractivity contribution in [2.75, 3.05) is 33.4 Å². The Morgan fingerprint density at radius 3 is 2.49 bits per heavy atom. The van der Waals surface area contributed by atoms with Crippen molar-refractivity contribution in [2.24, 2.45) is 0 Å². The molecule has 1 aromatic carbocycles. The number of amides is 3. The lowest BCUT2D eigenvalue weighted by Crippen LogP contribution is -2.56. The van der Waals surface area contributed by atoms with Gasteiger partial charge in [-0.3, -0.25) is 4.79 Å². The van der Waals surface area contributed by atoms with Crippen molar-refractivity contribution in [1.29, 1.82) is 0 Å². The molecular weight excluding hydrogens is 478 g/mol. The summed E-state index contributed by atoms with van der Waals surface area (Å²) in [6.45, 7) is 5.14. The van der Waals surface area contributed by atoms with Crippen LogP contribution in [0.3, 0.4) is 0 Å². The Labute approximate surface area is 217 Å². The number of hydrogen-bond donors (Lipinski definition) is 3. The molecule has 1 saturated heterocycles. The Kier molecular flexibility index (Phi) is 10.2. The van der Waals surface area contributed by atoms with E-state index in [1.165, 1.54) is 0 Å². The van der Waals surface area contributed by atoms with Gasteiger partial charge in [0, 0.05) is 57.2 Å². The number of aromatic nitrogens is 2. The van der Waals surface area contributed by atoms with E-state index in [1.54, 1.807) is 31.5 Å². The first-order valence-corrected chi connectivity index (χ1v) is 12.7. The first kappa shape index (κ1) is 27.8. The number of ether oxygens (including phenoxy) is 3. The standard InChI is InChI=1S/C26H37N5O6/c1-4-26(37-25(34)36-5-2)11-14-31(15-12-26)23(32)22(16-19-6-8-21(35-3)9-7-19)30-24(33)28-13-10-20-17-27-18-29-20/h6-9,17-18,22H,4-5,10-16H2,1-3H3,(H,27,29)(H2,28,30,33). The van der Waals surface area contributed by atoms with E-state index in [1.807, 2.05) is 31.2 Å². The maximum absolute atomic E-state index is 13.6. The number of aromatic amines is 1. The molecule has 2 heterocycles. The van der Waals surface area contributed by atoms with E-state index in [0.29, 0.717) is 57.5 Å². The van der Waals surface area contributed by atoms with Crippen molar-refractivity contribution in [3.63, 3.8) is 0 Å². The van der Waals surface area contributed by atoms with Crippen LogP contribution >= 0.6 is 0 Å². The van der Waals surface area contributed by atoms with Crippen molar-refractivity contribution in [3.05, 3.63) is 48.0 Å². The van der Waals surface area contributed by atoms with Crippen LogP contribution in [0, 0.1) is 0 Å². The number of hydrogen-bond acceptors (Lipinski definition) is 7. The molecule has 0 spiro atoms. The largest absolute Gasteiger partial charge is 0.508 e. The lowest BCUT2D eigenvalue weighted by molar-refractivity contribution is -0.138. The van der Waals surface area contributed by atoms with Crippen LogP contribution < -0.4 is 15.4 Å². The van der Waals surface area contributed by atoms with Crippen LogP contribution in [0.1, 0.15) is 44.4 Å². The minimum Gasteiger partial charge on any atom is -0.497 e. The average molecular weight is 516 g/mol. The SMILES string of the molecule is CCOC(=O)OC1(CC)CCN(C(=O)C(Cc2ccc(OC)cc2)NC(=O)NCCc2cnc[nH]2)CC1. The van der Waals surface area contributed by atoms with E-state index in [9.17, 15) is 14.4 Å². The third-order valence-electron chi connectivity index (χ3n) is 6.63. The van der Waals surface area contributed by atoms with E-state index in [-0.39, 0.29) is 12.5 Å². The van der Waals surface area contributed by atoms with Gasteiger partial charge in [0.2, 0.25) is 5.91 Å². The third-order valence-corrected chi connectivity index (χ3v) is 6.63. The zero-order chi connectivity index (χ0) is 26.7. The number of imidazole rings is 1. The Balaban J connectivity index is 1.64. The molecule has 0 aliphatic carbocycles. The van der Waals surface area contributed by atoms with Crippen LogP contribution in [0.15, 0.2) is 36.8 Å². The van der Waals surface area contributed by atoms with Crippen molar-refractivity contribution in [3.8, 4) is 5.75 Å². The van der Waals surface area contributed by atoms with Crippen LogP contribution in [-0.2, 0) is 27.1 Å². The fourth-order valence-corrected chi connectivity index (χ4v) is 4.35. The summed E-state index contributed by atoms with van der Waals surface area (Å²) in [6.07, 6.45) is 5.15. The highest BCUT2D eigenvalue weighted by molar-refractivity contribution is 5.87. The number of urea groups is 1. The molecule has 37 heavy (non-hydrogen) atoms. The number of carbonyl (C=O) groups excluding carboxylic acids is 3. The van der Waals surface area contributed by atoms with Crippen molar-refractivity contribution >= 4 is 18.1 Å². The van der Waals surface area contributed by atoms with Crippen LogP contribution in [-0.4, -0.2) is 78.0 Å². The maximum Gasteiger partial charge on any atom is 0.508 e. The molecule has 0 radical (unpaired) electrons. The fourth-order valence-electron chi connectivity index (χ4n) is 4.35. The number of rotatable bonds is 11. The molecule has 0 saturated carbocycles. The zero-order valence-corrected chi connectivity index (χ0v) is 21.7. The zero-order valence-electron chi connectivity index (χ0n) is 21.7. The highest BCUT2D eigenvalue weighted by Crippen LogP contribution is 2.30. The summed E-state index contributed by atoms with van der Waals surface area (Å²) in [6, 6.07) is 6.22. The minimum atomic E-state index is -0.763. The van der Waals surface area contributed by atoms with Gasteiger partial charge in [0.15, 0.2) is 0 Å². The number of nitrogens with one attached hydrogen (secondary N) is 3. The molecule has 3 N–H and O–H groups in total. The van der Waals surface area contributed by atoms with E-state index in [4.69, 9.17) is 14.2 Å². The molecule has 0 bridgehead atoms. The predicted octanol–water partition coefficient (Wildman–Crippen LogP) is 2.82. The van der Waals surface area contributed by atoms with Crippen LogP contribution in [0.25, 0.3) is 0 Å². The van der Waals surface area contributed by atoms with E-state index in [2.05, 4.69) is 20.6 Å². The lowest BCUT2D eigenvalue weighted by Gasteiger charge is -2.41. The Hall–Kier alpha value is -3.76. The van der Waals surface area contributed by atoms with E-state index in [0.717, 1.165) is 11.3 Å². The lowest BCUT2D eigenvalue weighted by atomic mass is 9.88. The molecule has 1 aliphatic rings. The number of piperidine rings is 1. The first-order valence-electron chi connectivity index (χ1n) is 12.7. The molecule has 1 unspecified atom stereocenters. The highest BCUT2D eigenvalue weighted by Gasteiger charge is 2.39. The summed E-state index contributed by atoms with van der Waals surface area (Å²) in [5.41, 5.74) is 1.14. The first-order chi connectivity index (χ1) is 17.9. The summed E-state index contributed by atoms with van der Waals surface area (Å²) < 4.78 is 15.8. The van der Waals surface area contributed by atoms with Crippen LogP contribution in [0.2, 0.25) is 0 Å². The monoisotopic (exact) mass is 515 g/mol. The van der Waals surface area contributed by atoms with E-state index < -0.39 is 23.8 Å². The maximum atomic E-state index is 13.6. The second-order valence-electron chi connectivity index (χ2n) is 8.98. The molecule has 3 rings (SSSR count). The number of methoxy groups -OCH3 is 1. The molecule has 1 aromatic heterocycles. The predicted molar refractivity (Wildman–Crippen MR) is 136 cm³/mol. The van der Waals surface area contributed by atoms with Gasteiger partial charge in [-0.25, -0.2) is 14.6 Å². The summed E-state index contributed by atoms with van der Waals surface area (Å²) in [5, 5.41) is 5.66. The molecular formula is C26H37N5O6. The molecule has 11 nitrogen and oxygen atoms in total. The third kappa shape index (κ3) is 8.12. The summed E-state index contributed by atoms with van der Waals surface area (Å²) in [4.78, 5) is 46.9. The van der Waals surface area contributed by atoms with Gasteiger partial charge in [-0.05, 0) is 31.0 Å². The van der Waals surface area contributed by atoms with Gasteiger partial charge in [0.25, 0.3) is 0 Å². The second-order valence-corrected chi connectivity index (χ2v) is 8.98. The van der Waals surface area contributed by atoms with Crippen molar-refractivity contribution < 1.29 is 28.6 Å². The van der Waals surface area contributed by atoms with Crippen LogP contribution in [0.5, 0.6) is 5.75 Å². The second kappa shape index (κ2) is 13.5. The molecule has 2 aromatic rings. The summed E-state index contributed by atoms with van der Waals surface area (Å²) in [5.74, 6) is 0.532. The van der Waals surface area contributed by atoms with Gasteiger partial charge in [-0.15, -0.1) is 0 Å². The summed E-state index contributed by atoms with van der Waals surface area (Å²) in [7, 11) is 1.59. The molecule has 202 valence electrons.